The molecule has 0 aliphatic carbocycles. The maximum absolute atomic E-state index is 13.0. The fraction of sp³-hybridized carbons (Fsp3) is 0.0455. The van der Waals surface area contributed by atoms with Crippen LogP contribution >= 0.6 is 11.6 Å². The molecule has 0 saturated heterocycles. The summed E-state index contributed by atoms with van der Waals surface area (Å²) in [5.74, 6) is -0.595. The van der Waals surface area contributed by atoms with Crippen molar-refractivity contribution in [2.45, 2.75) is 0 Å². The molecule has 0 radical (unpaired) electrons. The van der Waals surface area contributed by atoms with Crippen LogP contribution in [0.3, 0.4) is 0 Å². The highest BCUT2D eigenvalue weighted by atomic mass is 35.5. The van der Waals surface area contributed by atoms with Gasteiger partial charge in [-0.05, 0) is 36.4 Å². The minimum atomic E-state index is -0.315. The Hall–Kier alpha value is -3.44. The van der Waals surface area contributed by atoms with Crippen LogP contribution in [0.2, 0.25) is 5.02 Å². The first-order valence-electron chi connectivity index (χ1n) is 8.72. The van der Waals surface area contributed by atoms with E-state index in [1.807, 2.05) is 42.5 Å². The molecule has 3 aromatic carbocycles. The number of aliphatic imine (C=N–C) groups is 1. The second kappa shape index (κ2) is 7.66. The number of nitrogens with one attached hydrogen (secondary N) is 1. The van der Waals surface area contributed by atoms with E-state index in [2.05, 4.69) is 10.3 Å². The number of carbonyl (C=O) groups is 2. The zero-order valence-electron chi connectivity index (χ0n) is 14.8. The highest BCUT2D eigenvalue weighted by Gasteiger charge is 2.34. The fourth-order valence-corrected chi connectivity index (χ4v) is 3.25. The molecule has 6 heteroatoms. The lowest BCUT2D eigenvalue weighted by Gasteiger charge is -2.16. The van der Waals surface area contributed by atoms with Gasteiger partial charge in [-0.1, -0.05) is 54.1 Å². The van der Waals surface area contributed by atoms with Gasteiger partial charge in [0.25, 0.3) is 5.91 Å². The molecular formula is C22H16ClN3O2. The molecule has 1 aliphatic heterocycles. The second-order valence-corrected chi connectivity index (χ2v) is 6.70. The number of nitrogens with zero attached hydrogens (tertiary/aromatic N) is 2. The van der Waals surface area contributed by atoms with Gasteiger partial charge in [0.2, 0.25) is 5.91 Å². The molecule has 0 bridgehead atoms. The van der Waals surface area contributed by atoms with Gasteiger partial charge >= 0.3 is 0 Å². The number of anilines is 2. The zero-order valence-corrected chi connectivity index (χ0v) is 15.6. The van der Waals surface area contributed by atoms with Crippen molar-refractivity contribution >= 4 is 46.2 Å². The zero-order chi connectivity index (χ0) is 19.5. The summed E-state index contributed by atoms with van der Waals surface area (Å²) in [6.45, 7) is -0.0979. The van der Waals surface area contributed by atoms with Crippen molar-refractivity contribution in [1.82, 2.24) is 0 Å². The van der Waals surface area contributed by atoms with Crippen molar-refractivity contribution in [1.29, 1.82) is 0 Å². The van der Waals surface area contributed by atoms with E-state index < -0.39 is 0 Å². The molecule has 0 saturated carbocycles. The molecule has 0 fully saturated rings. The summed E-state index contributed by atoms with van der Waals surface area (Å²) in [5, 5.41) is 3.34. The monoisotopic (exact) mass is 389 g/mol. The highest BCUT2D eigenvalue weighted by molar-refractivity contribution is 6.55. The van der Waals surface area contributed by atoms with Gasteiger partial charge in [0.15, 0.2) is 0 Å². The lowest BCUT2D eigenvalue weighted by atomic mass is 10.1. The van der Waals surface area contributed by atoms with Gasteiger partial charge in [-0.3, -0.25) is 14.5 Å². The van der Waals surface area contributed by atoms with Gasteiger partial charge < -0.3 is 5.32 Å². The first-order chi connectivity index (χ1) is 13.6. The predicted octanol–water partition coefficient (Wildman–Crippen LogP) is 4.45. The van der Waals surface area contributed by atoms with Crippen LogP contribution in [0.25, 0.3) is 0 Å². The molecule has 3 aromatic rings. The molecule has 0 atom stereocenters. The molecule has 28 heavy (non-hydrogen) atoms. The minimum absolute atomic E-state index is 0.0979. The van der Waals surface area contributed by atoms with Crippen LogP contribution in [0.5, 0.6) is 0 Å². The summed E-state index contributed by atoms with van der Waals surface area (Å²) in [7, 11) is 0. The van der Waals surface area contributed by atoms with E-state index in [1.54, 1.807) is 36.4 Å². The normalized spacial score (nSPS) is 14.2. The van der Waals surface area contributed by atoms with Crippen LogP contribution in [0.15, 0.2) is 83.9 Å². The molecule has 1 heterocycles. The van der Waals surface area contributed by atoms with E-state index >= 15 is 0 Å². The van der Waals surface area contributed by atoms with Gasteiger partial charge in [-0.15, -0.1) is 0 Å². The third kappa shape index (κ3) is 3.66. The lowest BCUT2D eigenvalue weighted by molar-refractivity contribution is -0.118. The van der Waals surface area contributed by atoms with Gasteiger partial charge in [-0.2, -0.15) is 0 Å². The molecule has 0 spiro atoms. The van der Waals surface area contributed by atoms with Crippen molar-refractivity contribution in [2.24, 2.45) is 4.99 Å². The standard InChI is InChI=1S/C22H16ClN3O2/c23-15-7-6-10-17(13-15)25-21-18-11-4-5-12-19(18)26(22(21)28)14-20(27)24-16-8-2-1-3-9-16/h1-13H,14H2,(H,24,27). The third-order valence-corrected chi connectivity index (χ3v) is 4.54. The Bertz CT molecular complexity index is 1080. The van der Waals surface area contributed by atoms with Crippen LogP contribution in [0.4, 0.5) is 17.1 Å². The van der Waals surface area contributed by atoms with E-state index in [0.717, 1.165) is 0 Å². The second-order valence-electron chi connectivity index (χ2n) is 6.26. The number of para-hydroxylation sites is 2. The molecule has 138 valence electrons. The van der Waals surface area contributed by atoms with Crippen molar-refractivity contribution in [2.75, 3.05) is 16.8 Å². The Labute approximate surface area is 167 Å². The number of fused-ring (bicyclic) bond motifs is 1. The maximum Gasteiger partial charge on any atom is 0.278 e. The Balaban J connectivity index is 1.62. The van der Waals surface area contributed by atoms with Gasteiger partial charge in [0, 0.05) is 16.3 Å². The van der Waals surface area contributed by atoms with E-state index in [9.17, 15) is 9.59 Å². The van der Waals surface area contributed by atoms with E-state index in [-0.39, 0.29) is 18.4 Å². The van der Waals surface area contributed by atoms with Gasteiger partial charge in [0.05, 0.1) is 11.4 Å². The highest BCUT2D eigenvalue weighted by Crippen LogP contribution is 2.31. The molecule has 1 aliphatic rings. The predicted molar refractivity (Wildman–Crippen MR) is 112 cm³/mol. The molecule has 1 N–H and O–H groups in total. The maximum atomic E-state index is 13.0. The summed E-state index contributed by atoms with van der Waals surface area (Å²) in [5.41, 5.74) is 2.92. The summed E-state index contributed by atoms with van der Waals surface area (Å²) < 4.78 is 0. The van der Waals surface area contributed by atoms with Crippen molar-refractivity contribution in [3.63, 3.8) is 0 Å². The molecule has 4 rings (SSSR count). The van der Waals surface area contributed by atoms with E-state index in [0.29, 0.717) is 33.4 Å². The Morgan fingerprint density at radius 1 is 0.964 bits per heavy atom. The number of rotatable bonds is 4. The molecule has 2 amide bonds. The summed E-state index contributed by atoms with van der Waals surface area (Å²) >= 11 is 6.02. The van der Waals surface area contributed by atoms with Crippen LogP contribution < -0.4 is 10.2 Å². The lowest BCUT2D eigenvalue weighted by Crippen LogP contribution is -2.37. The van der Waals surface area contributed by atoms with Crippen LogP contribution in [-0.4, -0.2) is 24.1 Å². The van der Waals surface area contributed by atoms with Crippen LogP contribution in [-0.2, 0) is 9.59 Å². The third-order valence-electron chi connectivity index (χ3n) is 4.31. The van der Waals surface area contributed by atoms with E-state index in [4.69, 9.17) is 11.6 Å². The fourth-order valence-electron chi connectivity index (χ4n) is 3.07. The van der Waals surface area contributed by atoms with Crippen LogP contribution in [0.1, 0.15) is 5.56 Å². The van der Waals surface area contributed by atoms with E-state index in [1.165, 1.54) is 4.90 Å². The van der Waals surface area contributed by atoms with Crippen molar-refractivity contribution < 1.29 is 9.59 Å². The average molecular weight is 390 g/mol. The summed E-state index contributed by atoms with van der Waals surface area (Å²) in [4.78, 5) is 31.4. The SMILES string of the molecule is O=C(CN1C(=O)C(=Nc2cccc(Cl)c2)c2ccccc21)Nc1ccccc1. The first-order valence-corrected chi connectivity index (χ1v) is 9.10. The topological polar surface area (TPSA) is 61.8 Å². The molecular weight excluding hydrogens is 374 g/mol. The number of halogens is 1. The quantitative estimate of drug-likeness (QED) is 0.716. The number of amides is 2. The number of carbonyl (C=O) groups excluding carboxylic acids is 2. The smallest absolute Gasteiger partial charge is 0.278 e. The summed E-state index contributed by atoms with van der Waals surface area (Å²) in [6, 6.07) is 23.4. The molecule has 0 unspecified atom stereocenters. The number of hydrogen-bond acceptors (Lipinski definition) is 3. The number of benzene rings is 3. The van der Waals surface area contributed by atoms with Gasteiger partial charge in [-0.25, -0.2) is 4.99 Å². The Kier molecular flexibility index (Phi) is 4.91. The molecule has 5 nitrogen and oxygen atoms in total. The first kappa shape index (κ1) is 17.9. The molecule has 0 aromatic heterocycles. The minimum Gasteiger partial charge on any atom is -0.325 e. The summed E-state index contributed by atoms with van der Waals surface area (Å²) in [6.07, 6.45) is 0. The Morgan fingerprint density at radius 2 is 1.71 bits per heavy atom. The van der Waals surface area contributed by atoms with Gasteiger partial charge in [0.1, 0.15) is 12.3 Å². The average Bonchev–Trinajstić information content (AvgIpc) is 2.95. The largest absolute Gasteiger partial charge is 0.325 e. The van der Waals surface area contributed by atoms with Crippen LogP contribution in [0, 0.1) is 0 Å². The van der Waals surface area contributed by atoms with Crippen molar-refractivity contribution in [3.05, 3.63) is 89.4 Å². The van der Waals surface area contributed by atoms with Crippen molar-refractivity contribution in [3.8, 4) is 0 Å². The number of hydrogen-bond donors (Lipinski definition) is 1. The Morgan fingerprint density at radius 3 is 2.50 bits per heavy atom.